The first-order valence-corrected chi connectivity index (χ1v) is 8.59. The van der Waals surface area contributed by atoms with E-state index < -0.39 is 0 Å². The van der Waals surface area contributed by atoms with Crippen molar-refractivity contribution in [1.29, 1.82) is 0 Å². The van der Waals surface area contributed by atoms with Crippen molar-refractivity contribution in [3.63, 3.8) is 0 Å². The molecule has 0 aliphatic rings. The zero-order chi connectivity index (χ0) is 15.2. The number of nitrogens with one attached hydrogen (secondary N) is 1. The summed E-state index contributed by atoms with van der Waals surface area (Å²) in [6.45, 7) is 9.70. The van der Waals surface area contributed by atoms with Crippen LogP contribution < -0.4 is 5.32 Å². The number of hydrogen-bond acceptors (Lipinski definition) is 3. The van der Waals surface area contributed by atoms with Gasteiger partial charge in [-0.15, -0.1) is 11.3 Å². The van der Waals surface area contributed by atoms with Crippen LogP contribution in [0.2, 0.25) is 0 Å². The van der Waals surface area contributed by atoms with Crippen LogP contribution in [0.3, 0.4) is 0 Å². The Morgan fingerprint density at radius 2 is 1.86 bits per heavy atom. The fourth-order valence-electron chi connectivity index (χ4n) is 2.43. The number of thiazole rings is 1. The number of rotatable bonds is 7. The topological polar surface area (TPSA) is 24.9 Å². The molecular formula is C18H26N2S. The van der Waals surface area contributed by atoms with Gasteiger partial charge in [-0.1, -0.05) is 44.2 Å². The van der Waals surface area contributed by atoms with Gasteiger partial charge < -0.3 is 5.32 Å². The van der Waals surface area contributed by atoms with Gasteiger partial charge in [0.2, 0.25) is 0 Å². The Morgan fingerprint density at radius 3 is 2.43 bits per heavy atom. The Hall–Kier alpha value is -1.19. The molecule has 114 valence electrons. The van der Waals surface area contributed by atoms with Crippen LogP contribution in [0.15, 0.2) is 30.3 Å². The van der Waals surface area contributed by atoms with Gasteiger partial charge in [0.05, 0.1) is 10.7 Å². The maximum absolute atomic E-state index is 4.67. The highest BCUT2D eigenvalue weighted by atomic mass is 32.1. The average Bonchev–Trinajstić information content (AvgIpc) is 2.78. The molecule has 0 fully saturated rings. The summed E-state index contributed by atoms with van der Waals surface area (Å²) < 4.78 is 0. The molecule has 0 saturated heterocycles. The standard InChI is InChI=1S/C18H26N2S/c1-13(2)19-12-17(16-8-6-5-7-9-16)10-11-18-20-14(3)15(4)21-18/h5-9,13,17,19H,10-12H2,1-4H3. The smallest absolute Gasteiger partial charge is 0.0931 e. The van der Waals surface area contributed by atoms with Gasteiger partial charge >= 0.3 is 0 Å². The molecule has 0 aliphatic carbocycles. The number of benzene rings is 1. The molecule has 2 nitrogen and oxygen atoms in total. The number of hydrogen-bond donors (Lipinski definition) is 1. The van der Waals surface area contributed by atoms with Crippen LogP contribution >= 0.6 is 11.3 Å². The van der Waals surface area contributed by atoms with Crippen molar-refractivity contribution in [2.24, 2.45) is 0 Å². The summed E-state index contributed by atoms with van der Waals surface area (Å²) >= 11 is 1.84. The summed E-state index contributed by atoms with van der Waals surface area (Å²) in [5.41, 5.74) is 2.61. The average molecular weight is 302 g/mol. The van der Waals surface area contributed by atoms with Crippen molar-refractivity contribution in [2.45, 2.75) is 52.5 Å². The van der Waals surface area contributed by atoms with Crippen molar-refractivity contribution in [2.75, 3.05) is 6.54 Å². The first-order valence-electron chi connectivity index (χ1n) is 7.77. The third kappa shape index (κ3) is 4.94. The Bertz CT molecular complexity index is 526. The zero-order valence-electron chi connectivity index (χ0n) is 13.5. The van der Waals surface area contributed by atoms with E-state index in [9.17, 15) is 0 Å². The molecule has 1 heterocycles. The van der Waals surface area contributed by atoms with E-state index in [0.29, 0.717) is 12.0 Å². The van der Waals surface area contributed by atoms with E-state index in [1.807, 2.05) is 11.3 Å². The minimum atomic E-state index is 0.528. The second-order valence-corrected chi connectivity index (χ2v) is 7.25. The molecule has 1 aromatic heterocycles. The van der Waals surface area contributed by atoms with E-state index >= 15 is 0 Å². The van der Waals surface area contributed by atoms with Gasteiger partial charge in [0.1, 0.15) is 0 Å². The number of aromatic nitrogens is 1. The summed E-state index contributed by atoms with van der Waals surface area (Å²) in [5, 5.41) is 4.85. The molecular weight excluding hydrogens is 276 g/mol. The van der Waals surface area contributed by atoms with Crippen molar-refractivity contribution in [1.82, 2.24) is 10.3 Å². The maximum atomic E-state index is 4.67. The van der Waals surface area contributed by atoms with E-state index in [2.05, 4.69) is 68.3 Å². The van der Waals surface area contributed by atoms with Gasteiger partial charge in [-0.05, 0) is 38.2 Å². The third-order valence-corrected chi connectivity index (χ3v) is 4.96. The molecule has 1 N–H and O–H groups in total. The predicted octanol–water partition coefficient (Wildman–Crippen LogP) is 4.47. The summed E-state index contributed by atoms with van der Waals surface area (Å²) in [6, 6.07) is 11.4. The Kier molecular flexibility index (Phi) is 5.95. The SMILES string of the molecule is Cc1nc(CCC(CNC(C)C)c2ccccc2)sc1C. The highest BCUT2D eigenvalue weighted by molar-refractivity contribution is 7.11. The molecule has 0 aliphatic heterocycles. The number of aryl methyl sites for hydroxylation is 3. The highest BCUT2D eigenvalue weighted by Gasteiger charge is 2.13. The van der Waals surface area contributed by atoms with Crippen molar-refractivity contribution in [3.05, 3.63) is 51.5 Å². The van der Waals surface area contributed by atoms with Crippen LogP contribution in [-0.4, -0.2) is 17.6 Å². The lowest BCUT2D eigenvalue weighted by atomic mass is 9.94. The molecule has 21 heavy (non-hydrogen) atoms. The number of nitrogens with zero attached hydrogens (tertiary/aromatic N) is 1. The van der Waals surface area contributed by atoms with E-state index in [1.54, 1.807) is 0 Å². The van der Waals surface area contributed by atoms with Crippen LogP contribution in [0, 0.1) is 13.8 Å². The molecule has 2 aromatic rings. The molecule has 0 amide bonds. The van der Waals surface area contributed by atoms with Crippen molar-refractivity contribution >= 4 is 11.3 Å². The monoisotopic (exact) mass is 302 g/mol. The Morgan fingerprint density at radius 1 is 1.14 bits per heavy atom. The minimum absolute atomic E-state index is 0.528. The largest absolute Gasteiger partial charge is 0.314 e. The molecule has 1 atom stereocenters. The van der Waals surface area contributed by atoms with Crippen LogP contribution in [0.5, 0.6) is 0 Å². The maximum Gasteiger partial charge on any atom is 0.0931 e. The van der Waals surface area contributed by atoms with Gasteiger partial charge in [0.25, 0.3) is 0 Å². The predicted molar refractivity (Wildman–Crippen MR) is 92.2 cm³/mol. The second-order valence-electron chi connectivity index (χ2n) is 5.96. The van der Waals surface area contributed by atoms with E-state index in [0.717, 1.165) is 19.4 Å². The van der Waals surface area contributed by atoms with Gasteiger partial charge in [-0.2, -0.15) is 0 Å². The lowest BCUT2D eigenvalue weighted by molar-refractivity contribution is 0.508. The first-order chi connectivity index (χ1) is 10.1. The second kappa shape index (κ2) is 7.71. The fourth-order valence-corrected chi connectivity index (χ4v) is 3.38. The summed E-state index contributed by atoms with van der Waals surface area (Å²) in [7, 11) is 0. The van der Waals surface area contributed by atoms with Crippen molar-refractivity contribution in [3.8, 4) is 0 Å². The Balaban J connectivity index is 2.01. The third-order valence-electron chi connectivity index (χ3n) is 3.82. The normalized spacial score (nSPS) is 12.8. The molecule has 0 saturated carbocycles. The van der Waals surface area contributed by atoms with Crippen LogP contribution in [0.4, 0.5) is 0 Å². The Labute approximate surface area is 132 Å². The first kappa shape index (κ1) is 16.2. The summed E-state index contributed by atoms with van der Waals surface area (Å²) in [5.74, 6) is 0.554. The van der Waals surface area contributed by atoms with Crippen LogP contribution in [-0.2, 0) is 6.42 Å². The molecule has 2 rings (SSSR count). The summed E-state index contributed by atoms with van der Waals surface area (Å²) in [4.78, 5) is 6.02. The minimum Gasteiger partial charge on any atom is -0.314 e. The molecule has 1 aromatic carbocycles. The van der Waals surface area contributed by atoms with Gasteiger partial charge in [-0.3, -0.25) is 0 Å². The molecule has 0 spiro atoms. The zero-order valence-corrected chi connectivity index (χ0v) is 14.3. The molecule has 0 radical (unpaired) electrons. The molecule has 1 unspecified atom stereocenters. The van der Waals surface area contributed by atoms with Gasteiger partial charge in [-0.25, -0.2) is 4.98 Å². The van der Waals surface area contributed by atoms with Crippen LogP contribution in [0.25, 0.3) is 0 Å². The van der Waals surface area contributed by atoms with E-state index in [4.69, 9.17) is 0 Å². The van der Waals surface area contributed by atoms with E-state index in [1.165, 1.54) is 21.1 Å². The van der Waals surface area contributed by atoms with E-state index in [-0.39, 0.29) is 0 Å². The summed E-state index contributed by atoms with van der Waals surface area (Å²) in [6.07, 6.45) is 2.22. The fraction of sp³-hybridized carbons (Fsp3) is 0.500. The quantitative estimate of drug-likeness (QED) is 0.816. The molecule has 3 heteroatoms. The lowest BCUT2D eigenvalue weighted by Crippen LogP contribution is -2.28. The highest BCUT2D eigenvalue weighted by Crippen LogP contribution is 2.24. The van der Waals surface area contributed by atoms with Gasteiger partial charge in [0.15, 0.2) is 0 Å². The molecule has 0 bridgehead atoms. The van der Waals surface area contributed by atoms with Crippen molar-refractivity contribution < 1.29 is 0 Å². The lowest BCUT2D eigenvalue weighted by Gasteiger charge is -2.19. The van der Waals surface area contributed by atoms with Crippen LogP contribution in [0.1, 0.15) is 47.3 Å². The van der Waals surface area contributed by atoms with Gasteiger partial charge in [0, 0.05) is 17.5 Å².